The lowest BCUT2D eigenvalue weighted by molar-refractivity contribution is 0.0602. The summed E-state index contributed by atoms with van der Waals surface area (Å²) >= 11 is 0. The molecule has 0 atom stereocenters. The summed E-state index contributed by atoms with van der Waals surface area (Å²) in [5, 5.41) is 5.28. The minimum atomic E-state index is -0.348. The van der Waals surface area contributed by atoms with E-state index in [-0.39, 0.29) is 5.97 Å². The number of nitrogens with zero attached hydrogens (tertiary/aromatic N) is 2. The van der Waals surface area contributed by atoms with E-state index in [0.717, 1.165) is 11.1 Å². The van der Waals surface area contributed by atoms with Gasteiger partial charge in [0.25, 0.3) is 0 Å². The van der Waals surface area contributed by atoms with Crippen molar-refractivity contribution in [1.29, 1.82) is 0 Å². The highest BCUT2D eigenvalue weighted by Crippen LogP contribution is 2.21. The molecule has 0 unspecified atom stereocenters. The van der Waals surface area contributed by atoms with Gasteiger partial charge in [0.15, 0.2) is 0 Å². The van der Waals surface area contributed by atoms with E-state index in [4.69, 9.17) is 4.74 Å². The van der Waals surface area contributed by atoms with E-state index in [2.05, 4.69) is 5.10 Å². The summed E-state index contributed by atoms with van der Waals surface area (Å²) in [5.74, 6) is -0.348. The zero-order chi connectivity index (χ0) is 11.0. The standard InChI is InChI=1S/C11H12N2O2/c1-7-8-5-4-6-9(11(14)15-3)10(8)12-13(7)2/h4-6H,1-3H3. The maximum absolute atomic E-state index is 11.5. The van der Waals surface area contributed by atoms with E-state index < -0.39 is 0 Å². The van der Waals surface area contributed by atoms with Crippen molar-refractivity contribution in [2.24, 2.45) is 7.05 Å². The normalized spacial score (nSPS) is 10.6. The molecule has 0 aliphatic carbocycles. The van der Waals surface area contributed by atoms with Crippen LogP contribution in [0.5, 0.6) is 0 Å². The number of benzene rings is 1. The first kappa shape index (κ1) is 9.71. The van der Waals surface area contributed by atoms with E-state index in [0.29, 0.717) is 11.1 Å². The first-order valence-corrected chi connectivity index (χ1v) is 4.65. The number of carbonyl (C=O) groups excluding carboxylic acids is 1. The molecule has 1 aromatic carbocycles. The third-order valence-corrected chi connectivity index (χ3v) is 2.57. The summed E-state index contributed by atoms with van der Waals surface area (Å²) in [6.45, 7) is 1.97. The number of ether oxygens (including phenoxy) is 1. The van der Waals surface area contributed by atoms with Gasteiger partial charge in [0.2, 0.25) is 0 Å². The molecule has 0 radical (unpaired) electrons. The van der Waals surface area contributed by atoms with Crippen molar-refractivity contribution in [3.05, 3.63) is 29.5 Å². The van der Waals surface area contributed by atoms with Crippen LogP contribution in [0.15, 0.2) is 18.2 Å². The van der Waals surface area contributed by atoms with Crippen LogP contribution in [0.4, 0.5) is 0 Å². The minimum Gasteiger partial charge on any atom is -0.465 e. The van der Waals surface area contributed by atoms with Gasteiger partial charge in [0.05, 0.1) is 12.7 Å². The Balaban J connectivity index is 2.77. The van der Waals surface area contributed by atoms with Crippen LogP contribution in [-0.2, 0) is 11.8 Å². The molecule has 4 heteroatoms. The Kier molecular flexibility index (Phi) is 2.19. The van der Waals surface area contributed by atoms with Crippen LogP contribution in [0.25, 0.3) is 10.9 Å². The van der Waals surface area contributed by atoms with Gasteiger partial charge < -0.3 is 4.74 Å². The van der Waals surface area contributed by atoms with E-state index in [1.54, 1.807) is 10.7 Å². The molecule has 0 saturated heterocycles. The molecule has 0 spiro atoms. The number of aryl methyl sites for hydroxylation is 2. The highest BCUT2D eigenvalue weighted by atomic mass is 16.5. The lowest BCUT2D eigenvalue weighted by Crippen LogP contribution is -2.02. The molecule has 1 aromatic heterocycles. The average molecular weight is 204 g/mol. The quantitative estimate of drug-likeness (QED) is 0.664. The molecule has 0 amide bonds. The predicted octanol–water partition coefficient (Wildman–Crippen LogP) is 1.67. The smallest absolute Gasteiger partial charge is 0.340 e. The number of hydrogen-bond acceptors (Lipinski definition) is 3. The van der Waals surface area contributed by atoms with Gasteiger partial charge in [-0.3, -0.25) is 4.68 Å². The SMILES string of the molecule is COC(=O)c1cccc2c(C)n(C)nc12. The summed E-state index contributed by atoms with van der Waals surface area (Å²) in [6.07, 6.45) is 0. The Labute approximate surface area is 87.5 Å². The third kappa shape index (κ3) is 1.38. The lowest BCUT2D eigenvalue weighted by Gasteiger charge is -1.98. The minimum absolute atomic E-state index is 0.348. The number of fused-ring (bicyclic) bond motifs is 1. The number of aromatic nitrogens is 2. The number of esters is 1. The molecule has 0 aliphatic heterocycles. The average Bonchev–Trinajstić information content (AvgIpc) is 2.54. The molecule has 0 bridgehead atoms. The first-order chi connectivity index (χ1) is 7.15. The van der Waals surface area contributed by atoms with Crippen LogP contribution in [0.3, 0.4) is 0 Å². The number of methoxy groups -OCH3 is 1. The molecule has 2 rings (SSSR count). The van der Waals surface area contributed by atoms with Crippen LogP contribution in [0.1, 0.15) is 16.1 Å². The largest absolute Gasteiger partial charge is 0.465 e. The molecular weight excluding hydrogens is 192 g/mol. The Morgan fingerprint density at radius 3 is 2.87 bits per heavy atom. The van der Waals surface area contributed by atoms with Gasteiger partial charge in [0, 0.05) is 18.1 Å². The van der Waals surface area contributed by atoms with Crippen molar-refractivity contribution in [2.75, 3.05) is 7.11 Å². The third-order valence-electron chi connectivity index (χ3n) is 2.57. The van der Waals surface area contributed by atoms with Gasteiger partial charge in [-0.05, 0) is 13.0 Å². The summed E-state index contributed by atoms with van der Waals surface area (Å²) in [5.41, 5.74) is 2.25. The molecule has 0 N–H and O–H groups in total. The van der Waals surface area contributed by atoms with E-state index >= 15 is 0 Å². The Morgan fingerprint density at radius 1 is 1.47 bits per heavy atom. The zero-order valence-corrected chi connectivity index (χ0v) is 8.94. The Morgan fingerprint density at radius 2 is 2.20 bits per heavy atom. The summed E-state index contributed by atoms with van der Waals surface area (Å²) < 4.78 is 6.47. The Hall–Kier alpha value is -1.84. The van der Waals surface area contributed by atoms with Gasteiger partial charge in [-0.1, -0.05) is 12.1 Å². The van der Waals surface area contributed by atoms with Crippen molar-refractivity contribution >= 4 is 16.9 Å². The van der Waals surface area contributed by atoms with Crippen LogP contribution in [0, 0.1) is 6.92 Å². The van der Waals surface area contributed by atoms with E-state index in [9.17, 15) is 4.79 Å². The van der Waals surface area contributed by atoms with Gasteiger partial charge >= 0.3 is 5.97 Å². The molecular formula is C11H12N2O2. The van der Waals surface area contributed by atoms with Gasteiger partial charge in [-0.25, -0.2) is 4.79 Å². The number of carbonyl (C=O) groups is 1. The second kappa shape index (κ2) is 3.38. The second-order valence-electron chi connectivity index (χ2n) is 3.40. The van der Waals surface area contributed by atoms with E-state index in [1.807, 2.05) is 26.1 Å². The van der Waals surface area contributed by atoms with Crippen molar-refractivity contribution in [3.63, 3.8) is 0 Å². The lowest BCUT2D eigenvalue weighted by atomic mass is 10.1. The van der Waals surface area contributed by atoms with Crippen LogP contribution in [0.2, 0.25) is 0 Å². The molecule has 1 heterocycles. The fraction of sp³-hybridized carbons (Fsp3) is 0.273. The maximum Gasteiger partial charge on any atom is 0.340 e. The summed E-state index contributed by atoms with van der Waals surface area (Å²) in [6, 6.07) is 5.51. The van der Waals surface area contributed by atoms with Crippen molar-refractivity contribution in [1.82, 2.24) is 9.78 Å². The maximum atomic E-state index is 11.5. The summed E-state index contributed by atoms with van der Waals surface area (Å²) in [7, 11) is 3.23. The molecule has 15 heavy (non-hydrogen) atoms. The van der Waals surface area contributed by atoms with Crippen molar-refractivity contribution < 1.29 is 9.53 Å². The molecule has 0 aliphatic rings. The zero-order valence-electron chi connectivity index (χ0n) is 8.94. The highest BCUT2D eigenvalue weighted by Gasteiger charge is 2.14. The Bertz CT molecular complexity index is 529. The molecule has 78 valence electrons. The van der Waals surface area contributed by atoms with Crippen LogP contribution >= 0.6 is 0 Å². The predicted molar refractivity (Wildman–Crippen MR) is 56.8 cm³/mol. The fourth-order valence-electron chi connectivity index (χ4n) is 1.62. The van der Waals surface area contributed by atoms with Crippen molar-refractivity contribution in [2.45, 2.75) is 6.92 Å². The molecule has 0 saturated carbocycles. The molecule has 4 nitrogen and oxygen atoms in total. The highest BCUT2D eigenvalue weighted by molar-refractivity contribution is 6.03. The topological polar surface area (TPSA) is 44.1 Å². The molecule has 2 aromatic rings. The summed E-state index contributed by atoms with van der Waals surface area (Å²) in [4.78, 5) is 11.5. The van der Waals surface area contributed by atoms with Crippen LogP contribution in [-0.4, -0.2) is 22.9 Å². The van der Waals surface area contributed by atoms with Gasteiger partial charge in [-0.2, -0.15) is 5.10 Å². The molecule has 0 fully saturated rings. The second-order valence-corrected chi connectivity index (χ2v) is 3.40. The first-order valence-electron chi connectivity index (χ1n) is 4.65. The van der Waals surface area contributed by atoms with Gasteiger partial charge in [-0.15, -0.1) is 0 Å². The monoisotopic (exact) mass is 204 g/mol. The fourth-order valence-corrected chi connectivity index (χ4v) is 1.62. The van der Waals surface area contributed by atoms with Gasteiger partial charge in [0.1, 0.15) is 5.52 Å². The van der Waals surface area contributed by atoms with E-state index in [1.165, 1.54) is 7.11 Å². The number of rotatable bonds is 1. The van der Waals surface area contributed by atoms with Crippen LogP contribution < -0.4 is 0 Å². The number of hydrogen-bond donors (Lipinski definition) is 0. The van der Waals surface area contributed by atoms with Crippen molar-refractivity contribution in [3.8, 4) is 0 Å².